The van der Waals surface area contributed by atoms with Crippen molar-refractivity contribution in [1.29, 1.82) is 0 Å². The van der Waals surface area contributed by atoms with Gasteiger partial charge in [-0.1, -0.05) is 12.1 Å². The number of amides is 2. The Morgan fingerprint density at radius 3 is 2.27 bits per heavy atom. The fraction of sp³-hybridized carbons (Fsp3) is 0.579. The van der Waals surface area contributed by atoms with Crippen molar-refractivity contribution in [3.8, 4) is 0 Å². The zero-order valence-electron chi connectivity index (χ0n) is 16.2. The third-order valence-corrected chi connectivity index (χ3v) is 4.53. The number of carbonyl (C=O) groups excluding carboxylic acids is 2. The summed E-state index contributed by atoms with van der Waals surface area (Å²) >= 11 is 0. The van der Waals surface area contributed by atoms with Crippen LogP contribution in [0.2, 0.25) is 0 Å². The van der Waals surface area contributed by atoms with Crippen LogP contribution in [0.1, 0.15) is 25.5 Å². The molecule has 1 aromatic carbocycles. The minimum atomic E-state index is -0.585. The molecule has 144 valence electrons. The Morgan fingerprint density at radius 1 is 1.12 bits per heavy atom. The molecule has 2 rings (SSSR count). The highest BCUT2D eigenvalue weighted by Crippen LogP contribution is 2.16. The van der Waals surface area contributed by atoms with E-state index in [-0.39, 0.29) is 12.1 Å². The molecule has 3 N–H and O–H groups in total. The number of rotatable bonds is 6. The standard InChI is InChI=1S/C19H30N4O3/c1-14(2)21-19(25)18(24)20-13-17(23-9-11-26-12-10-23)15-5-7-16(8-6-15)22(3)4/h5-8,14,17H,9-13H2,1-4H3,(H,20,24)(H,21,25)/p+1/t17-/m0/s1. The van der Waals surface area contributed by atoms with E-state index in [0.29, 0.717) is 19.8 Å². The van der Waals surface area contributed by atoms with Crippen molar-refractivity contribution in [2.45, 2.75) is 25.9 Å². The summed E-state index contributed by atoms with van der Waals surface area (Å²) in [6, 6.07) is 8.38. The van der Waals surface area contributed by atoms with Crippen LogP contribution < -0.4 is 20.4 Å². The lowest BCUT2D eigenvalue weighted by Crippen LogP contribution is -3.15. The Balaban J connectivity index is 2.08. The molecule has 1 fully saturated rings. The maximum atomic E-state index is 12.1. The molecule has 0 aromatic heterocycles. The molecule has 1 aliphatic heterocycles. The molecule has 1 aromatic rings. The van der Waals surface area contributed by atoms with E-state index in [1.807, 2.05) is 27.9 Å². The average Bonchev–Trinajstić information content (AvgIpc) is 2.62. The first-order valence-electron chi connectivity index (χ1n) is 9.16. The van der Waals surface area contributed by atoms with Crippen molar-refractivity contribution in [2.75, 3.05) is 51.8 Å². The second-order valence-corrected chi connectivity index (χ2v) is 7.15. The van der Waals surface area contributed by atoms with Crippen LogP contribution in [0.3, 0.4) is 0 Å². The molecule has 1 heterocycles. The lowest BCUT2D eigenvalue weighted by molar-refractivity contribution is -0.937. The number of hydrogen-bond donors (Lipinski definition) is 3. The van der Waals surface area contributed by atoms with Crippen LogP contribution in [-0.2, 0) is 14.3 Å². The minimum Gasteiger partial charge on any atom is -0.378 e. The number of carbonyl (C=O) groups is 2. The first-order valence-corrected chi connectivity index (χ1v) is 9.16. The van der Waals surface area contributed by atoms with Crippen molar-refractivity contribution in [3.63, 3.8) is 0 Å². The van der Waals surface area contributed by atoms with Gasteiger partial charge in [0.1, 0.15) is 19.1 Å². The Labute approximate surface area is 155 Å². The molecule has 7 nitrogen and oxygen atoms in total. The molecule has 1 atom stereocenters. The maximum absolute atomic E-state index is 12.1. The van der Waals surface area contributed by atoms with Crippen LogP contribution in [0.15, 0.2) is 24.3 Å². The van der Waals surface area contributed by atoms with Gasteiger partial charge in [0.15, 0.2) is 0 Å². The number of morpholine rings is 1. The van der Waals surface area contributed by atoms with Crippen molar-refractivity contribution >= 4 is 17.5 Å². The average molecular weight is 363 g/mol. The van der Waals surface area contributed by atoms with Gasteiger partial charge in [0.05, 0.1) is 19.8 Å². The minimum absolute atomic E-state index is 0.0625. The molecule has 0 saturated carbocycles. The summed E-state index contributed by atoms with van der Waals surface area (Å²) in [5.41, 5.74) is 2.28. The molecular weight excluding hydrogens is 332 g/mol. The molecule has 1 aliphatic rings. The van der Waals surface area contributed by atoms with Crippen LogP contribution >= 0.6 is 0 Å². The summed E-state index contributed by atoms with van der Waals surface area (Å²) in [7, 11) is 4.01. The van der Waals surface area contributed by atoms with Gasteiger partial charge in [-0.3, -0.25) is 9.59 Å². The Hall–Kier alpha value is -2.12. The number of nitrogens with one attached hydrogen (secondary N) is 3. The van der Waals surface area contributed by atoms with Gasteiger partial charge < -0.3 is 25.2 Å². The molecule has 1 saturated heterocycles. The molecule has 2 amide bonds. The largest absolute Gasteiger partial charge is 0.378 e. The Kier molecular flexibility index (Phi) is 7.41. The van der Waals surface area contributed by atoms with Gasteiger partial charge in [-0.15, -0.1) is 0 Å². The van der Waals surface area contributed by atoms with Crippen molar-refractivity contribution < 1.29 is 19.2 Å². The maximum Gasteiger partial charge on any atom is 0.309 e. The van der Waals surface area contributed by atoms with E-state index in [1.54, 1.807) is 0 Å². The highest BCUT2D eigenvalue weighted by molar-refractivity contribution is 6.35. The number of ether oxygens (including phenoxy) is 1. The van der Waals surface area contributed by atoms with Gasteiger partial charge in [0, 0.05) is 31.4 Å². The van der Waals surface area contributed by atoms with Crippen LogP contribution in [0.25, 0.3) is 0 Å². The lowest BCUT2D eigenvalue weighted by atomic mass is 10.0. The van der Waals surface area contributed by atoms with Gasteiger partial charge in [0.25, 0.3) is 0 Å². The summed E-state index contributed by atoms with van der Waals surface area (Å²) in [4.78, 5) is 27.3. The SMILES string of the molecule is CC(C)NC(=O)C(=O)NC[C@@H](c1ccc(N(C)C)cc1)[NH+]1CCOCC1. The summed E-state index contributed by atoms with van der Waals surface area (Å²) in [5.74, 6) is -1.17. The van der Waals surface area contributed by atoms with Crippen LogP contribution in [0, 0.1) is 0 Å². The Morgan fingerprint density at radius 2 is 1.73 bits per heavy atom. The molecule has 0 aliphatic carbocycles. The highest BCUT2D eigenvalue weighted by Gasteiger charge is 2.28. The van der Waals surface area contributed by atoms with Crippen molar-refractivity contribution in [3.05, 3.63) is 29.8 Å². The van der Waals surface area contributed by atoms with Crippen molar-refractivity contribution in [1.82, 2.24) is 10.6 Å². The molecular formula is C19H31N4O3+. The van der Waals surface area contributed by atoms with Gasteiger partial charge in [-0.05, 0) is 26.0 Å². The third kappa shape index (κ3) is 5.71. The second-order valence-electron chi connectivity index (χ2n) is 7.15. The first-order chi connectivity index (χ1) is 12.4. The summed E-state index contributed by atoms with van der Waals surface area (Å²) in [6.07, 6.45) is 0. The number of nitrogens with zero attached hydrogens (tertiary/aromatic N) is 1. The number of hydrogen-bond acceptors (Lipinski definition) is 4. The van der Waals surface area contributed by atoms with E-state index < -0.39 is 11.8 Å². The number of anilines is 1. The monoisotopic (exact) mass is 363 g/mol. The quantitative estimate of drug-likeness (QED) is 0.587. The molecule has 0 radical (unpaired) electrons. The van der Waals surface area contributed by atoms with Gasteiger partial charge >= 0.3 is 11.8 Å². The number of quaternary nitrogens is 1. The zero-order chi connectivity index (χ0) is 19.1. The summed E-state index contributed by atoms with van der Waals surface area (Å²) in [6.45, 7) is 7.27. The van der Waals surface area contributed by atoms with Gasteiger partial charge in [-0.25, -0.2) is 0 Å². The lowest BCUT2D eigenvalue weighted by Gasteiger charge is -2.32. The Bertz CT molecular complexity index is 595. The van der Waals surface area contributed by atoms with E-state index >= 15 is 0 Å². The third-order valence-electron chi connectivity index (χ3n) is 4.53. The van der Waals surface area contributed by atoms with Crippen molar-refractivity contribution in [2.24, 2.45) is 0 Å². The van der Waals surface area contributed by atoms with Crippen LogP contribution in [0.5, 0.6) is 0 Å². The first kappa shape index (κ1) is 20.2. The molecule has 0 unspecified atom stereocenters. The van der Waals surface area contributed by atoms with E-state index in [0.717, 1.165) is 24.3 Å². The highest BCUT2D eigenvalue weighted by atomic mass is 16.5. The second kappa shape index (κ2) is 9.54. The molecule has 26 heavy (non-hydrogen) atoms. The normalized spacial score (nSPS) is 16.2. The van der Waals surface area contributed by atoms with Crippen LogP contribution in [-0.4, -0.2) is 64.8 Å². The van der Waals surface area contributed by atoms with Gasteiger partial charge in [-0.2, -0.15) is 0 Å². The number of benzene rings is 1. The topological polar surface area (TPSA) is 75.1 Å². The zero-order valence-corrected chi connectivity index (χ0v) is 16.2. The predicted molar refractivity (Wildman–Crippen MR) is 101 cm³/mol. The molecule has 0 spiro atoms. The van der Waals surface area contributed by atoms with E-state index in [9.17, 15) is 9.59 Å². The van der Waals surface area contributed by atoms with Gasteiger partial charge in [0.2, 0.25) is 0 Å². The molecule has 0 bridgehead atoms. The van der Waals surface area contributed by atoms with Crippen LogP contribution in [0.4, 0.5) is 5.69 Å². The predicted octanol–water partition coefficient (Wildman–Crippen LogP) is -0.650. The fourth-order valence-corrected chi connectivity index (χ4v) is 3.09. The summed E-state index contributed by atoms with van der Waals surface area (Å²) in [5, 5.41) is 5.42. The van der Waals surface area contributed by atoms with E-state index in [2.05, 4.69) is 39.8 Å². The summed E-state index contributed by atoms with van der Waals surface area (Å²) < 4.78 is 5.46. The molecule has 7 heteroatoms. The van der Waals surface area contributed by atoms with E-state index in [4.69, 9.17) is 4.74 Å². The smallest absolute Gasteiger partial charge is 0.309 e. The fourth-order valence-electron chi connectivity index (χ4n) is 3.09. The van der Waals surface area contributed by atoms with E-state index in [1.165, 1.54) is 4.90 Å².